The molecule has 9 heteroatoms. The van der Waals surface area contributed by atoms with Crippen LogP contribution in [-0.2, 0) is 22.3 Å². The highest BCUT2D eigenvalue weighted by molar-refractivity contribution is 7.16. The lowest BCUT2D eigenvalue weighted by Crippen LogP contribution is -2.36. The molecule has 0 unspecified atom stereocenters. The summed E-state index contributed by atoms with van der Waals surface area (Å²) in [6.45, 7) is 4.73. The van der Waals surface area contributed by atoms with Gasteiger partial charge in [0.2, 0.25) is 0 Å². The fraction of sp³-hybridized carbons (Fsp3) is 0.455. The van der Waals surface area contributed by atoms with E-state index in [-0.39, 0.29) is 11.7 Å². The number of non-ortho nitro benzene ring substituents is 1. The molecule has 4 rings (SSSR count). The Morgan fingerprint density at radius 2 is 2.10 bits per heavy atom. The molecule has 1 aromatic carbocycles. The van der Waals surface area contributed by atoms with E-state index in [4.69, 9.17) is 9.47 Å². The molecule has 1 saturated heterocycles. The van der Waals surface area contributed by atoms with Gasteiger partial charge in [-0.3, -0.25) is 10.1 Å². The van der Waals surface area contributed by atoms with Gasteiger partial charge in [0.15, 0.2) is 0 Å². The number of carbonyl (C=O) groups excluding carboxylic acids is 1. The van der Waals surface area contributed by atoms with Crippen LogP contribution >= 0.6 is 11.3 Å². The zero-order valence-corrected chi connectivity index (χ0v) is 18.3. The van der Waals surface area contributed by atoms with Gasteiger partial charge in [0.1, 0.15) is 5.00 Å². The number of carbonyl (C=O) groups is 1. The van der Waals surface area contributed by atoms with Crippen molar-refractivity contribution in [2.45, 2.75) is 32.6 Å². The Labute approximate surface area is 184 Å². The third kappa shape index (κ3) is 4.62. The minimum absolute atomic E-state index is 0.00884. The van der Waals surface area contributed by atoms with Crippen molar-refractivity contribution in [3.05, 3.63) is 49.9 Å². The van der Waals surface area contributed by atoms with Crippen molar-refractivity contribution in [3.8, 4) is 0 Å². The number of thiophene rings is 1. The second-order valence-electron chi connectivity index (χ2n) is 7.47. The van der Waals surface area contributed by atoms with Crippen molar-refractivity contribution in [1.29, 1.82) is 0 Å². The molecule has 2 aromatic rings. The van der Waals surface area contributed by atoms with Crippen molar-refractivity contribution in [2.75, 3.05) is 37.8 Å². The van der Waals surface area contributed by atoms with Gasteiger partial charge in [-0.05, 0) is 44.2 Å². The Hall–Kier alpha value is -2.78. The predicted molar refractivity (Wildman–Crippen MR) is 120 cm³/mol. The highest BCUT2D eigenvalue weighted by atomic mass is 32.1. The molecule has 0 amide bonds. The summed E-state index contributed by atoms with van der Waals surface area (Å²) >= 11 is 1.52. The Balaban J connectivity index is 1.74. The molecule has 0 bridgehead atoms. The molecule has 2 heterocycles. The molecule has 0 N–H and O–H groups in total. The summed E-state index contributed by atoms with van der Waals surface area (Å²) in [5.74, 6) is -0.346. The van der Waals surface area contributed by atoms with Crippen LogP contribution in [-0.4, -0.2) is 50.0 Å². The van der Waals surface area contributed by atoms with E-state index >= 15 is 0 Å². The number of esters is 1. The van der Waals surface area contributed by atoms with E-state index in [1.54, 1.807) is 19.2 Å². The van der Waals surface area contributed by atoms with Crippen molar-refractivity contribution in [2.24, 2.45) is 4.99 Å². The average molecular weight is 444 g/mol. The summed E-state index contributed by atoms with van der Waals surface area (Å²) < 4.78 is 10.7. The topological polar surface area (TPSA) is 94.3 Å². The summed E-state index contributed by atoms with van der Waals surface area (Å²) in [6.07, 6.45) is 5.58. The molecule has 2 aliphatic rings. The van der Waals surface area contributed by atoms with Gasteiger partial charge >= 0.3 is 5.97 Å². The number of hydrogen-bond acceptors (Lipinski definition) is 8. The lowest BCUT2D eigenvalue weighted by Gasteiger charge is -2.29. The van der Waals surface area contributed by atoms with Gasteiger partial charge in [0.25, 0.3) is 5.69 Å². The minimum Gasteiger partial charge on any atom is -0.462 e. The highest BCUT2D eigenvalue weighted by Gasteiger charge is 2.26. The number of morpholine rings is 1. The van der Waals surface area contributed by atoms with Gasteiger partial charge in [-0.15, -0.1) is 11.3 Å². The smallest absolute Gasteiger partial charge is 0.341 e. The van der Waals surface area contributed by atoms with Gasteiger partial charge in [-0.1, -0.05) is 0 Å². The maximum Gasteiger partial charge on any atom is 0.341 e. The number of aryl methyl sites for hydroxylation is 1. The SMILES string of the molecule is CCOC(=O)c1c(N=Cc2cc([N+](=O)[O-])ccc2N2CCOCC2)sc2c1CCCC2. The number of nitrogens with zero attached hydrogens (tertiary/aromatic N) is 3. The quantitative estimate of drug-likeness (QED) is 0.286. The number of nitro groups is 1. The van der Waals surface area contributed by atoms with Gasteiger partial charge < -0.3 is 14.4 Å². The summed E-state index contributed by atoms with van der Waals surface area (Å²) in [5.41, 5.74) is 3.13. The van der Waals surface area contributed by atoms with E-state index < -0.39 is 4.92 Å². The number of benzene rings is 1. The standard InChI is InChI=1S/C22H25N3O5S/c1-2-30-22(26)20-17-5-3-4-6-19(17)31-21(20)23-14-15-13-16(25(27)28)7-8-18(15)24-9-11-29-12-10-24/h7-8,13-14H,2-6,9-12H2,1H3. The van der Waals surface area contributed by atoms with Crippen LogP contribution in [0.5, 0.6) is 0 Å². The van der Waals surface area contributed by atoms with Crippen LogP contribution in [0.4, 0.5) is 16.4 Å². The normalized spacial score (nSPS) is 16.4. The van der Waals surface area contributed by atoms with Crippen LogP contribution in [0.1, 0.15) is 46.1 Å². The van der Waals surface area contributed by atoms with E-state index in [9.17, 15) is 14.9 Å². The number of fused-ring (bicyclic) bond motifs is 1. The van der Waals surface area contributed by atoms with Crippen molar-refractivity contribution >= 4 is 39.9 Å². The molecule has 0 spiro atoms. The Kier molecular flexibility index (Phi) is 6.62. The van der Waals surface area contributed by atoms with Crippen LogP contribution in [0.3, 0.4) is 0 Å². The summed E-state index contributed by atoms with van der Waals surface area (Å²) in [5, 5.41) is 11.9. The van der Waals surface area contributed by atoms with Crippen LogP contribution in [0, 0.1) is 10.1 Å². The van der Waals surface area contributed by atoms with Crippen molar-refractivity contribution in [3.63, 3.8) is 0 Å². The van der Waals surface area contributed by atoms with E-state index in [0.717, 1.165) is 36.9 Å². The molecule has 8 nitrogen and oxygen atoms in total. The number of nitro benzene ring substituents is 1. The highest BCUT2D eigenvalue weighted by Crippen LogP contribution is 2.40. The Bertz CT molecular complexity index is 1010. The van der Waals surface area contributed by atoms with E-state index in [2.05, 4.69) is 9.89 Å². The molecule has 0 saturated carbocycles. The molecule has 1 aromatic heterocycles. The van der Waals surface area contributed by atoms with Crippen LogP contribution in [0.2, 0.25) is 0 Å². The summed E-state index contributed by atoms with van der Waals surface area (Å²) in [4.78, 5) is 31.6. The van der Waals surface area contributed by atoms with E-state index in [0.29, 0.717) is 49.0 Å². The molecule has 0 atom stereocenters. The maximum absolute atomic E-state index is 12.7. The third-order valence-electron chi connectivity index (χ3n) is 5.53. The summed E-state index contributed by atoms with van der Waals surface area (Å²) in [7, 11) is 0. The zero-order valence-electron chi connectivity index (χ0n) is 17.5. The number of ether oxygens (including phenoxy) is 2. The monoisotopic (exact) mass is 443 g/mol. The first-order valence-corrected chi connectivity index (χ1v) is 11.4. The second kappa shape index (κ2) is 9.57. The number of anilines is 1. The van der Waals surface area contributed by atoms with Gasteiger partial charge in [-0.2, -0.15) is 0 Å². The lowest BCUT2D eigenvalue weighted by atomic mass is 9.95. The predicted octanol–water partition coefficient (Wildman–Crippen LogP) is 4.30. The lowest BCUT2D eigenvalue weighted by molar-refractivity contribution is -0.384. The van der Waals surface area contributed by atoms with Crippen molar-refractivity contribution in [1.82, 2.24) is 0 Å². The summed E-state index contributed by atoms with van der Waals surface area (Å²) in [6, 6.07) is 4.80. The molecule has 1 aliphatic carbocycles. The van der Waals surface area contributed by atoms with Gasteiger partial charge in [0.05, 0.1) is 30.3 Å². The number of hydrogen-bond donors (Lipinski definition) is 0. The fourth-order valence-electron chi connectivity index (χ4n) is 4.04. The minimum atomic E-state index is -0.408. The molecule has 1 fully saturated rings. The average Bonchev–Trinajstić information content (AvgIpc) is 3.16. The second-order valence-corrected chi connectivity index (χ2v) is 8.55. The molecule has 164 valence electrons. The zero-order chi connectivity index (χ0) is 21.8. The molecular weight excluding hydrogens is 418 g/mol. The molecule has 31 heavy (non-hydrogen) atoms. The Morgan fingerprint density at radius 1 is 1.32 bits per heavy atom. The molecular formula is C22H25N3O5S. The largest absolute Gasteiger partial charge is 0.462 e. The van der Waals surface area contributed by atoms with E-state index in [1.807, 2.05) is 0 Å². The number of rotatable bonds is 6. The Morgan fingerprint density at radius 3 is 2.84 bits per heavy atom. The van der Waals surface area contributed by atoms with Gasteiger partial charge in [0, 0.05) is 47.6 Å². The third-order valence-corrected chi connectivity index (χ3v) is 6.73. The van der Waals surface area contributed by atoms with Crippen molar-refractivity contribution < 1.29 is 19.2 Å². The first kappa shape index (κ1) is 21.5. The van der Waals surface area contributed by atoms with Crippen LogP contribution in [0.15, 0.2) is 23.2 Å². The van der Waals surface area contributed by atoms with E-state index in [1.165, 1.54) is 28.3 Å². The first-order valence-electron chi connectivity index (χ1n) is 10.6. The van der Waals surface area contributed by atoms with Crippen LogP contribution < -0.4 is 4.90 Å². The van der Waals surface area contributed by atoms with Gasteiger partial charge in [-0.25, -0.2) is 9.79 Å². The first-order chi connectivity index (χ1) is 15.1. The molecule has 0 radical (unpaired) electrons. The maximum atomic E-state index is 12.7. The fourth-order valence-corrected chi connectivity index (χ4v) is 5.26. The molecule has 1 aliphatic heterocycles. The van der Waals surface area contributed by atoms with Crippen LogP contribution in [0.25, 0.3) is 0 Å². The number of aliphatic imine (C=N–C) groups is 1.